The predicted octanol–water partition coefficient (Wildman–Crippen LogP) is 2.64. The summed E-state index contributed by atoms with van der Waals surface area (Å²) in [4.78, 5) is 39.2. The normalized spacial score (nSPS) is 25.9. The second kappa shape index (κ2) is 9.20. The van der Waals surface area contributed by atoms with Crippen molar-refractivity contribution < 1.29 is 38.6 Å². The molecule has 10 heteroatoms. The molecule has 2 aromatic carbocycles. The first-order valence-electron chi connectivity index (χ1n) is 11.4. The van der Waals surface area contributed by atoms with Crippen molar-refractivity contribution in [3.05, 3.63) is 71.2 Å². The average molecular weight is 477 g/mol. The van der Waals surface area contributed by atoms with Crippen LogP contribution in [-0.4, -0.2) is 53.8 Å². The van der Waals surface area contributed by atoms with Crippen LogP contribution in [-0.2, 0) is 19.0 Å². The minimum absolute atomic E-state index is 0.0457. The van der Waals surface area contributed by atoms with Gasteiger partial charge in [0.15, 0.2) is 0 Å². The van der Waals surface area contributed by atoms with E-state index in [1.165, 1.54) is 12.1 Å². The fourth-order valence-corrected chi connectivity index (χ4v) is 5.44. The molecular weight excluding hydrogens is 453 g/mol. The molecule has 0 spiro atoms. The summed E-state index contributed by atoms with van der Waals surface area (Å²) in [6, 6.07) is 15.6. The largest absolute Gasteiger partial charge is 0.508 e. The number of allylic oxidation sites excluding steroid dienone is 1. The Morgan fingerprint density at radius 1 is 1.11 bits per heavy atom. The van der Waals surface area contributed by atoms with Gasteiger partial charge in [0, 0.05) is 0 Å². The fourth-order valence-electron chi connectivity index (χ4n) is 5.44. The van der Waals surface area contributed by atoms with Crippen molar-refractivity contribution in [2.75, 3.05) is 13.7 Å². The molecule has 3 aliphatic rings. The molecule has 0 radical (unpaired) electrons. The molecule has 0 aromatic heterocycles. The maximum Gasteiger partial charge on any atom is 0.487 e. The Hall–Kier alpha value is -3.63. The molecule has 9 nitrogen and oxygen atoms in total. The second-order valence-electron chi connectivity index (χ2n) is 8.89. The highest BCUT2D eigenvalue weighted by Crippen LogP contribution is 2.51. The molecule has 2 aromatic rings. The van der Waals surface area contributed by atoms with Gasteiger partial charge in [-0.25, -0.2) is 4.79 Å². The fraction of sp³-hybridized carbons (Fsp3) is 0.320. The van der Waals surface area contributed by atoms with Gasteiger partial charge in [0.1, 0.15) is 18.1 Å². The lowest BCUT2D eigenvalue weighted by Gasteiger charge is -2.42. The van der Waals surface area contributed by atoms with Crippen LogP contribution in [0, 0.1) is 17.8 Å². The van der Waals surface area contributed by atoms with Gasteiger partial charge >= 0.3 is 13.2 Å². The van der Waals surface area contributed by atoms with Crippen molar-refractivity contribution in [1.29, 1.82) is 0 Å². The van der Waals surface area contributed by atoms with Gasteiger partial charge in [-0.05, 0) is 59.6 Å². The van der Waals surface area contributed by atoms with E-state index in [1.807, 2.05) is 18.2 Å². The zero-order valence-electron chi connectivity index (χ0n) is 19.0. The molecule has 0 saturated carbocycles. The number of ether oxygens (including phenoxy) is 2. The maximum absolute atomic E-state index is 13.3. The van der Waals surface area contributed by atoms with E-state index in [2.05, 4.69) is 4.74 Å². The van der Waals surface area contributed by atoms with E-state index in [9.17, 15) is 24.5 Å². The maximum atomic E-state index is 13.3. The summed E-state index contributed by atoms with van der Waals surface area (Å²) < 4.78 is 16.5. The lowest BCUT2D eigenvalue weighted by molar-refractivity contribution is -0.137. The number of carbonyl (C=O) groups is 3. The molecule has 5 rings (SSSR count). The molecule has 1 aliphatic carbocycles. The molecule has 2 saturated heterocycles. The molecular formula is C25H24BNO8. The minimum Gasteiger partial charge on any atom is -0.508 e. The van der Waals surface area contributed by atoms with Crippen molar-refractivity contribution >= 4 is 25.0 Å². The van der Waals surface area contributed by atoms with Crippen LogP contribution in [0.5, 0.6) is 11.5 Å². The van der Waals surface area contributed by atoms with Gasteiger partial charge in [0.05, 0.1) is 25.0 Å². The first-order valence-corrected chi connectivity index (χ1v) is 11.4. The third-order valence-electron chi connectivity index (χ3n) is 6.97. The summed E-state index contributed by atoms with van der Waals surface area (Å²) >= 11 is 0. The number of phenols is 1. The van der Waals surface area contributed by atoms with Gasteiger partial charge in [-0.15, -0.1) is 0 Å². The van der Waals surface area contributed by atoms with E-state index < -0.39 is 48.9 Å². The van der Waals surface area contributed by atoms with Gasteiger partial charge in [-0.2, -0.15) is 4.90 Å². The number of phenolic OH excluding ortho intramolecular Hbond substituents is 1. The van der Waals surface area contributed by atoms with Gasteiger partial charge in [0.25, 0.3) is 0 Å². The Morgan fingerprint density at radius 3 is 2.60 bits per heavy atom. The van der Waals surface area contributed by atoms with E-state index in [4.69, 9.17) is 9.39 Å². The molecule has 0 unspecified atom stereocenters. The number of aromatic hydroxyl groups is 1. The third kappa shape index (κ3) is 4.08. The number of hydrogen-bond acceptors (Lipinski definition) is 8. The van der Waals surface area contributed by atoms with Gasteiger partial charge in [0.2, 0.25) is 11.8 Å². The molecule has 3 amide bonds. The van der Waals surface area contributed by atoms with Crippen molar-refractivity contribution in [1.82, 2.24) is 4.90 Å². The van der Waals surface area contributed by atoms with Crippen molar-refractivity contribution in [3.8, 4) is 11.5 Å². The predicted molar refractivity (Wildman–Crippen MR) is 123 cm³/mol. The number of carbonyl (C=O) groups excluding carboxylic acids is 3. The summed E-state index contributed by atoms with van der Waals surface area (Å²) in [7, 11) is -0.226. The van der Waals surface area contributed by atoms with Crippen LogP contribution >= 0.6 is 0 Å². The first kappa shape index (κ1) is 23.1. The summed E-state index contributed by atoms with van der Waals surface area (Å²) in [5.41, 5.74) is 1.80. The molecule has 4 atom stereocenters. The molecule has 35 heavy (non-hydrogen) atoms. The van der Waals surface area contributed by atoms with E-state index >= 15 is 0 Å². The number of likely N-dealkylation sites (tertiary alicyclic amines) is 1. The first-order chi connectivity index (χ1) is 16.9. The molecule has 2 aliphatic heterocycles. The average Bonchev–Trinajstić information content (AvgIpc) is 3.12. The zero-order valence-corrected chi connectivity index (χ0v) is 19.0. The van der Waals surface area contributed by atoms with E-state index in [1.54, 1.807) is 24.3 Å². The Balaban J connectivity index is 1.52. The Labute approximate surface area is 202 Å². The number of nitrogens with zero attached hydrogens (tertiary/aromatic N) is 1. The smallest absolute Gasteiger partial charge is 0.487 e. The van der Waals surface area contributed by atoms with Crippen LogP contribution in [0.1, 0.15) is 24.5 Å². The summed E-state index contributed by atoms with van der Waals surface area (Å²) in [5.74, 6) is -2.77. The third-order valence-corrected chi connectivity index (χ3v) is 6.97. The number of para-hydroxylation sites is 1. The molecule has 2 fully saturated rings. The topological polar surface area (TPSA) is 123 Å². The van der Waals surface area contributed by atoms with Crippen molar-refractivity contribution in [3.63, 3.8) is 0 Å². The van der Waals surface area contributed by atoms with Crippen molar-refractivity contribution in [2.45, 2.75) is 18.9 Å². The Kier molecular flexibility index (Phi) is 6.08. The lowest BCUT2D eigenvalue weighted by Crippen LogP contribution is -2.45. The van der Waals surface area contributed by atoms with Crippen LogP contribution in [0.2, 0.25) is 0 Å². The van der Waals surface area contributed by atoms with Crippen LogP contribution in [0.15, 0.2) is 65.6 Å². The number of imide groups is 3. The molecule has 180 valence electrons. The number of amides is 3. The second-order valence-corrected chi connectivity index (χ2v) is 8.89. The Bertz CT molecular complexity index is 1200. The quantitative estimate of drug-likeness (QED) is 0.509. The Morgan fingerprint density at radius 2 is 1.89 bits per heavy atom. The minimum atomic E-state index is -1.34. The van der Waals surface area contributed by atoms with E-state index in [0.29, 0.717) is 27.3 Å². The molecule has 2 N–H and O–H groups in total. The number of rotatable bonds is 4. The monoisotopic (exact) mass is 477 g/mol. The van der Waals surface area contributed by atoms with Crippen LogP contribution < -0.4 is 4.74 Å². The summed E-state index contributed by atoms with van der Waals surface area (Å²) in [6.07, 6.45) is -1.22. The van der Waals surface area contributed by atoms with Crippen LogP contribution in [0.25, 0.3) is 0 Å². The SMILES string of the molecule is COC(=O)N1C(=O)[C@H]2[C@H](CC(COc3ccccc3)=C3B(O)O[C@H](c4cccc(O)c4)C[C@H]32)C1=O. The zero-order chi connectivity index (χ0) is 24.7. The highest BCUT2D eigenvalue weighted by molar-refractivity contribution is 6.53. The van der Waals surface area contributed by atoms with Crippen molar-refractivity contribution in [2.24, 2.45) is 17.8 Å². The number of methoxy groups -OCH3 is 1. The lowest BCUT2D eigenvalue weighted by atomic mass is 9.55. The molecule has 2 heterocycles. The van der Waals surface area contributed by atoms with E-state index in [-0.39, 0.29) is 25.2 Å². The van der Waals surface area contributed by atoms with Gasteiger partial charge < -0.3 is 24.3 Å². The number of fused-ring (bicyclic) bond motifs is 3. The molecule has 0 bridgehead atoms. The van der Waals surface area contributed by atoms with E-state index in [0.717, 1.165) is 7.11 Å². The van der Waals surface area contributed by atoms with Gasteiger partial charge in [-0.1, -0.05) is 30.3 Å². The number of hydrogen-bond donors (Lipinski definition) is 2. The van der Waals surface area contributed by atoms with Gasteiger partial charge in [-0.3, -0.25) is 9.59 Å². The number of benzene rings is 2. The standard InChI is InChI=1S/C25H24BNO8/c1-33-25(31)27-23(29)19-11-15(13-34-17-8-3-2-4-9-17)22-18(21(19)24(27)30)12-20(35-26(22)32)14-6-5-7-16(28)10-14/h2-10,18-21,28,32H,11-13H2,1H3/t18-,19-,20-,21+/m0/s1. The summed E-state index contributed by atoms with van der Waals surface area (Å²) in [6.45, 7) is 0.0932. The summed E-state index contributed by atoms with van der Waals surface area (Å²) in [5, 5.41) is 21.0. The van der Waals surface area contributed by atoms with Crippen LogP contribution in [0.4, 0.5) is 4.79 Å². The highest BCUT2D eigenvalue weighted by Gasteiger charge is 2.59. The highest BCUT2D eigenvalue weighted by atomic mass is 16.5. The van der Waals surface area contributed by atoms with Crippen LogP contribution in [0.3, 0.4) is 0 Å².